The zero-order valence-corrected chi connectivity index (χ0v) is 17.4. The molecule has 7 heteroatoms. The van der Waals surface area contributed by atoms with Crippen LogP contribution in [0.4, 0.5) is 0 Å². The van der Waals surface area contributed by atoms with Crippen molar-refractivity contribution in [2.45, 2.75) is 37.1 Å². The van der Waals surface area contributed by atoms with Crippen molar-refractivity contribution in [2.24, 2.45) is 0 Å². The number of fused-ring (bicyclic) bond motifs is 3. The van der Waals surface area contributed by atoms with Crippen LogP contribution in [0, 0.1) is 0 Å². The predicted octanol–water partition coefficient (Wildman–Crippen LogP) is 2.34. The fourth-order valence-electron chi connectivity index (χ4n) is 5.48. The minimum atomic E-state index is -0.585. The molecular weight excluding hydrogens is 394 g/mol. The Hall–Kier alpha value is -2.90. The van der Waals surface area contributed by atoms with Gasteiger partial charge < -0.3 is 15.0 Å². The lowest BCUT2D eigenvalue weighted by atomic mass is 9.74. The number of ether oxygens (including phenoxy) is 1. The third kappa shape index (κ3) is 3.47. The van der Waals surface area contributed by atoms with Crippen LogP contribution in [-0.2, 0) is 16.8 Å². The van der Waals surface area contributed by atoms with Crippen molar-refractivity contribution in [1.82, 2.24) is 15.7 Å². The molecule has 2 amide bonds. The Bertz CT molecular complexity index is 1020. The van der Waals surface area contributed by atoms with Crippen molar-refractivity contribution in [3.05, 3.63) is 64.7 Å². The van der Waals surface area contributed by atoms with Gasteiger partial charge in [0.25, 0.3) is 5.91 Å². The zero-order chi connectivity index (χ0) is 21.4. The average Bonchev–Trinajstić information content (AvgIpc) is 2.97. The van der Waals surface area contributed by atoms with E-state index in [1.165, 1.54) is 11.1 Å². The van der Waals surface area contributed by atoms with Crippen LogP contribution in [-0.4, -0.2) is 48.2 Å². The van der Waals surface area contributed by atoms with E-state index < -0.39 is 5.91 Å². The Morgan fingerprint density at radius 2 is 1.97 bits per heavy atom. The summed E-state index contributed by atoms with van der Waals surface area (Å²) in [5.41, 5.74) is 5.44. The molecule has 5 rings (SSSR count). The summed E-state index contributed by atoms with van der Waals surface area (Å²) >= 11 is 0. The van der Waals surface area contributed by atoms with Gasteiger partial charge in [-0.05, 0) is 61.0 Å². The molecule has 3 N–H and O–H groups in total. The standard InChI is InChI=1S/C24H27N3O4/c28-22(26-30)16-5-6-17-15-27(11-12-31-21(17)13-16)23(29)19-14-24(7-9-25-10-8-24)20-4-2-1-3-18(19)20/h1-6,13,19,25,30H,7-12,14-15H2,(H,26,28). The fourth-order valence-corrected chi connectivity index (χ4v) is 5.48. The van der Waals surface area contributed by atoms with Gasteiger partial charge in [0.05, 0.1) is 12.5 Å². The number of carbonyl (C=O) groups excluding carboxylic acids is 2. The van der Waals surface area contributed by atoms with Crippen LogP contribution in [0.3, 0.4) is 0 Å². The first kappa shape index (κ1) is 20.0. The number of amides is 2. The highest BCUT2D eigenvalue weighted by Gasteiger charge is 2.47. The fraction of sp³-hybridized carbons (Fsp3) is 0.417. The van der Waals surface area contributed by atoms with E-state index in [-0.39, 0.29) is 17.2 Å². The van der Waals surface area contributed by atoms with Crippen LogP contribution in [0.5, 0.6) is 5.75 Å². The van der Waals surface area contributed by atoms with Crippen LogP contribution in [0.15, 0.2) is 42.5 Å². The highest BCUT2D eigenvalue weighted by Crippen LogP contribution is 2.51. The van der Waals surface area contributed by atoms with Gasteiger partial charge in [-0.2, -0.15) is 0 Å². The summed E-state index contributed by atoms with van der Waals surface area (Å²) in [5, 5.41) is 12.3. The van der Waals surface area contributed by atoms with Crippen LogP contribution >= 0.6 is 0 Å². The number of nitrogens with zero attached hydrogens (tertiary/aromatic N) is 1. The third-order valence-corrected chi connectivity index (χ3v) is 7.08. The van der Waals surface area contributed by atoms with Crippen molar-refractivity contribution < 1.29 is 19.5 Å². The molecule has 2 heterocycles. The van der Waals surface area contributed by atoms with Gasteiger partial charge in [0.15, 0.2) is 0 Å². The highest BCUT2D eigenvalue weighted by atomic mass is 16.5. The molecule has 2 aromatic rings. The summed E-state index contributed by atoms with van der Waals surface area (Å²) < 4.78 is 5.84. The summed E-state index contributed by atoms with van der Waals surface area (Å²) in [6, 6.07) is 13.5. The van der Waals surface area contributed by atoms with Gasteiger partial charge in [-0.3, -0.25) is 14.8 Å². The Morgan fingerprint density at radius 3 is 2.77 bits per heavy atom. The number of hydrogen-bond donors (Lipinski definition) is 3. The van der Waals surface area contributed by atoms with E-state index in [4.69, 9.17) is 9.94 Å². The quantitative estimate of drug-likeness (QED) is 0.512. The van der Waals surface area contributed by atoms with Crippen molar-refractivity contribution in [3.63, 3.8) is 0 Å². The zero-order valence-electron chi connectivity index (χ0n) is 17.4. The largest absolute Gasteiger partial charge is 0.491 e. The molecule has 1 saturated heterocycles. The van der Waals surface area contributed by atoms with Crippen LogP contribution in [0.1, 0.15) is 52.2 Å². The van der Waals surface area contributed by atoms with E-state index >= 15 is 0 Å². The Balaban J connectivity index is 1.41. The van der Waals surface area contributed by atoms with Crippen LogP contribution < -0.4 is 15.5 Å². The minimum absolute atomic E-state index is 0.0922. The van der Waals surface area contributed by atoms with Gasteiger partial charge in [-0.1, -0.05) is 30.3 Å². The first-order valence-corrected chi connectivity index (χ1v) is 10.9. The summed E-state index contributed by atoms with van der Waals surface area (Å²) in [7, 11) is 0. The Kier molecular flexibility index (Phi) is 5.16. The number of piperidine rings is 1. The number of nitrogens with one attached hydrogen (secondary N) is 2. The molecule has 1 unspecified atom stereocenters. The maximum absolute atomic E-state index is 13.7. The number of carbonyl (C=O) groups is 2. The molecule has 2 aliphatic heterocycles. The van der Waals surface area contributed by atoms with E-state index in [0.29, 0.717) is 31.0 Å². The summed E-state index contributed by atoms with van der Waals surface area (Å²) in [4.78, 5) is 27.3. The lowest BCUT2D eigenvalue weighted by Crippen LogP contribution is -2.40. The molecule has 0 aromatic heterocycles. The molecular formula is C24H27N3O4. The van der Waals surface area contributed by atoms with Gasteiger partial charge in [0.1, 0.15) is 12.4 Å². The molecule has 2 aromatic carbocycles. The topological polar surface area (TPSA) is 90.9 Å². The van der Waals surface area contributed by atoms with Gasteiger partial charge in [0, 0.05) is 17.7 Å². The third-order valence-electron chi connectivity index (χ3n) is 7.08. The molecule has 7 nitrogen and oxygen atoms in total. The van der Waals surface area contributed by atoms with Crippen LogP contribution in [0.2, 0.25) is 0 Å². The van der Waals surface area contributed by atoms with Crippen molar-refractivity contribution in [2.75, 3.05) is 26.2 Å². The monoisotopic (exact) mass is 421 g/mol. The average molecular weight is 421 g/mol. The van der Waals surface area contributed by atoms with Gasteiger partial charge >= 0.3 is 0 Å². The maximum atomic E-state index is 13.7. The number of hydrogen-bond acceptors (Lipinski definition) is 5. The molecule has 1 atom stereocenters. The number of benzene rings is 2. The van der Waals surface area contributed by atoms with E-state index in [1.807, 2.05) is 11.0 Å². The second-order valence-corrected chi connectivity index (χ2v) is 8.75. The first-order chi connectivity index (χ1) is 15.1. The van der Waals surface area contributed by atoms with Gasteiger partial charge in [-0.15, -0.1) is 0 Å². The molecule has 3 aliphatic rings. The van der Waals surface area contributed by atoms with Crippen LogP contribution in [0.25, 0.3) is 0 Å². The molecule has 162 valence electrons. The first-order valence-electron chi connectivity index (χ1n) is 10.9. The second kappa shape index (κ2) is 7.98. The predicted molar refractivity (Wildman–Crippen MR) is 114 cm³/mol. The molecule has 1 aliphatic carbocycles. The Labute approximate surface area is 181 Å². The van der Waals surface area contributed by atoms with E-state index in [2.05, 4.69) is 23.5 Å². The van der Waals surface area contributed by atoms with Crippen molar-refractivity contribution in [1.29, 1.82) is 0 Å². The lowest BCUT2D eigenvalue weighted by Gasteiger charge is -2.35. The smallest absolute Gasteiger partial charge is 0.274 e. The minimum Gasteiger partial charge on any atom is -0.491 e. The molecule has 31 heavy (non-hydrogen) atoms. The number of rotatable bonds is 2. The van der Waals surface area contributed by atoms with Crippen molar-refractivity contribution >= 4 is 11.8 Å². The van der Waals surface area contributed by atoms with Gasteiger partial charge in [-0.25, -0.2) is 5.48 Å². The Morgan fingerprint density at radius 1 is 1.16 bits per heavy atom. The van der Waals surface area contributed by atoms with E-state index in [9.17, 15) is 9.59 Å². The van der Waals surface area contributed by atoms with E-state index in [1.54, 1.807) is 23.7 Å². The second-order valence-electron chi connectivity index (χ2n) is 8.75. The molecule has 0 bridgehead atoms. The van der Waals surface area contributed by atoms with E-state index in [0.717, 1.165) is 37.9 Å². The molecule has 1 fully saturated rings. The lowest BCUT2D eigenvalue weighted by molar-refractivity contribution is -0.133. The molecule has 0 radical (unpaired) electrons. The molecule has 1 spiro atoms. The normalized spacial score (nSPS) is 21.6. The summed E-state index contributed by atoms with van der Waals surface area (Å²) in [6.45, 7) is 3.30. The molecule has 0 saturated carbocycles. The van der Waals surface area contributed by atoms with Crippen molar-refractivity contribution in [3.8, 4) is 5.75 Å². The number of hydroxylamine groups is 1. The summed E-state index contributed by atoms with van der Waals surface area (Å²) in [6.07, 6.45) is 3.00. The maximum Gasteiger partial charge on any atom is 0.274 e. The summed E-state index contributed by atoms with van der Waals surface area (Å²) in [5.74, 6) is 0.0169. The SMILES string of the molecule is O=C(NO)c1ccc2c(c1)OCCN(C(=O)C1CC3(CCNCC3)c3ccccc31)C2. The highest BCUT2D eigenvalue weighted by molar-refractivity contribution is 5.94. The van der Waals surface area contributed by atoms with Gasteiger partial charge in [0.2, 0.25) is 5.91 Å².